The van der Waals surface area contributed by atoms with E-state index in [1.54, 1.807) is 0 Å². The zero-order valence-electron chi connectivity index (χ0n) is 7.47. The molecule has 14 heavy (non-hydrogen) atoms. The highest BCUT2D eigenvalue weighted by molar-refractivity contribution is 7.99. The van der Waals surface area contributed by atoms with Crippen molar-refractivity contribution in [3.05, 3.63) is 11.8 Å². The molecule has 1 aliphatic heterocycles. The van der Waals surface area contributed by atoms with Crippen LogP contribution < -0.4 is 0 Å². The summed E-state index contributed by atoms with van der Waals surface area (Å²) in [5.41, 5.74) is 0. The Morgan fingerprint density at radius 2 is 2.14 bits per heavy atom. The Kier molecular flexibility index (Phi) is 2.72. The van der Waals surface area contributed by atoms with Gasteiger partial charge in [-0.1, -0.05) is 0 Å². The topological polar surface area (TPSA) is 76.2 Å². The molecule has 5 nitrogen and oxygen atoms in total. The average molecular weight is 214 g/mol. The molecular weight excluding hydrogens is 204 g/mol. The monoisotopic (exact) mass is 214 g/mol. The molecule has 0 bridgehead atoms. The maximum Gasteiger partial charge on any atom is 0.393 e. The predicted octanol–water partition coefficient (Wildman–Crippen LogP) is 1.38. The van der Waals surface area contributed by atoms with Crippen LogP contribution in [0.2, 0.25) is 0 Å². The molecule has 1 aromatic rings. The molecule has 0 radical (unpaired) electrons. The molecule has 1 aliphatic rings. The number of carboxylic acids is 1. The van der Waals surface area contributed by atoms with Crippen LogP contribution in [0.3, 0.4) is 0 Å². The number of nitrogens with zero attached hydrogens (tertiary/aromatic N) is 2. The SMILES string of the molecule is O=C(O)c1nnc(C2CCSCC2)o1. The Bertz CT molecular complexity index is 333. The molecule has 0 aromatic carbocycles. The van der Waals surface area contributed by atoms with E-state index >= 15 is 0 Å². The third-order valence-corrected chi connectivity index (χ3v) is 3.24. The number of aromatic carboxylic acids is 1. The van der Waals surface area contributed by atoms with Crippen LogP contribution in [0.1, 0.15) is 35.3 Å². The molecule has 6 heteroatoms. The largest absolute Gasteiger partial charge is 0.474 e. The molecule has 0 saturated carbocycles. The minimum absolute atomic E-state index is 0.247. The van der Waals surface area contributed by atoms with E-state index in [0.29, 0.717) is 5.89 Å². The number of aromatic nitrogens is 2. The van der Waals surface area contributed by atoms with Gasteiger partial charge in [-0.15, -0.1) is 10.2 Å². The minimum Gasteiger partial charge on any atom is -0.474 e. The van der Waals surface area contributed by atoms with Crippen molar-refractivity contribution < 1.29 is 14.3 Å². The Morgan fingerprint density at radius 1 is 1.43 bits per heavy atom. The summed E-state index contributed by atoms with van der Waals surface area (Å²) in [6, 6.07) is 0. The van der Waals surface area contributed by atoms with Gasteiger partial charge in [0.25, 0.3) is 0 Å². The van der Waals surface area contributed by atoms with Crippen LogP contribution in [0.4, 0.5) is 0 Å². The van der Waals surface area contributed by atoms with Gasteiger partial charge in [0, 0.05) is 5.92 Å². The highest BCUT2D eigenvalue weighted by Crippen LogP contribution is 2.30. The first-order valence-corrected chi connectivity index (χ1v) is 5.57. The molecule has 2 heterocycles. The van der Waals surface area contributed by atoms with Gasteiger partial charge in [-0.05, 0) is 24.3 Å². The quantitative estimate of drug-likeness (QED) is 0.801. The summed E-state index contributed by atoms with van der Waals surface area (Å²) in [6.45, 7) is 0. The first-order valence-electron chi connectivity index (χ1n) is 4.42. The van der Waals surface area contributed by atoms with E-state index in [-0.39, 0.29) is 11.8 Å². The van der Waals surface area contributed by atoms with Crippen LogP contribution in [-0.2, 0) is 0 Å². The van der Waals surface area contributed by atoms with Gasteiger partial charge >= 0.3 is 11.9 Å². The van der Waals surface area contributed by atoms with Gasteiger partial charge in [-0.2, -0.15) is 11.8 Å². The van der Waals surface area contributed by atoms with Crippen LogP contribution in [0.15, 0.2) is 4.42 Å². The number of carbonyl (C=O) groups is 1. The van der Waals surface area contributed by atoms with Gasteiger partial charge in [-0.3, -0.25) is 0 Å². The molecule has 0 unspecified atom stereocenters. The second-order valence-electron chi connectivity index (χ2n) is 3.14. The molecule has 1 N–H and O–H groups in total. The van der Waals surface area contributed by atoms with Crippen molar-refractivity contribution in [2.24, 2.45) is 0 Å². The molecule has 2 rings (SSSR count). The lowest BCUT2D eigenvalue weighted by molar-refractivity contribution is 0.0650. The van der Waals surface area contributed by atoms with E-state index in [1.165, 1.54) is 0 Å². The summed E-state index contributed by atoms with van der Waals surface area (Å²) < 4.78 is 5.05. The van der Waals surface area contributed by atoms with Gasteiger partial charge in [0.15, 0.2) is 0 Å². The molecule has 76 valence electrons. The smallest absolute Gasteiger partial charge is 0.393 e. The second kappa shape index (κ2) is 4.00. The molecule has 0 atom stereocenters. The maximum absolute atomic E-state index is 10.5. The molecule has 1 fully saturated rings. The Labute approximate surface area is 84.9 Å². The first-order chi connectivity index (χ1) is 6.77. The number of hydrogen-bond donors (Lipinski definition) is 1. The van der Waals surface area contributed by atoms with E-state index in [0.717, 1.165) is 24.3 Å². The number of rotatable bonds is 2. The summed E-state index contributed by atoms with van der Waals surface area (Å²) in [4.78, 5) is 10.5. The Balaban J connectivity index is 2.11. The minimum atomic E-state index is -1.16. The maximum atomic E-state index is 10.5. The Morgan fingerprint density at radius 3 is 2.71 bits per heavy atom. The standard InChI is InChI=1S/C8H10N2O3S/c11-8(12)7-10-9-6(13-7)5-1-3-14-4-2-5/h5H,1-4H2,(H,11,12). The summed E-state index contributed by atoms with van der Waals surface area (Å²) in [6.07, 6.45) is 1.98. The van der Waals surface area contributed by atoms with Crippen molar-refractivity contribution in [3.8, 4) is 0 Å². The number of thioether (sulfide) groups is 1. The summed E-state index contributed by atoms with van der Waals surface area (Å²) in [5.74, 6) is 1.41. The third-order valence-electron chi connectivity index (χ3n) is 2.19. The Hall–Kier alpha value is -1.04. The van der Waals surface area contributed by atoms with Crippen LogP contribution in [-0.4, -0.2) is 32.8 Å². The highest BCUT2D eigenvalue weighted by atomic mass is 32.2. The zero-order chi connectivity index (χ0) is 9.97. The fraction of sp³-hybridized carbons (Fsp3) is 0.625. The van der Waals surface area contributed by atoms with Crippen molar-refractivity contribution in [1.82, 2.24) is 10.2 Å². The van der Waals surface area contributed by atoms with Crippen molar-refractivity contribution in [2.45, 2.75) is 18.8 Å². The van der Waals surface area contributed by atoms with Gasteiger partial charge in [-0.25, -0.2) is 4.79 Å². The molecule has 0 aliphatic carbocycles. The molecule has 1 saturated heterocycles. The summed E-state index contributed by atoms with van der Waals surface area (Å²) in [7, 11) is 0. The normalized spacial score (nSPS) is 18.3. The number of carboxylic acid groups (broad SMARTS) is 1. The van der Waals surface area contributed by atoms with E-state index < -0.39 is 5.97 Å². The number of hydrogen-bond acceptors (Lipinski definition) is 5. The van der Waals surface area contributed by atoms with E-state index in [2.05, 4.69) is 10.2 Å². The molecule has 0 amide bonds. The van der Waals surface area contributed by atoms with Crippen LogP contribution in [0, 0.1) is 0 Å². The molecule has 1 aromatic heterocycles. The van der Waals surface area contributed by atoms with Crippen LogP contribution in [0.25, 0.3) is 0 Å². The van der Waals surface area contributed by atoms with Gasteiger partial charge < -0.3 is 9.52 Å². The molecule has 0 spiro atoms. The third kappa shape index (κ3) is 1.89. The van der Waals surface area contributed by atoms with Gasteiger partial charge in [0.2, 0.25) is 5.89 Å². The van der Waals surface area contributed by atoms with E-state index in [9.17, 15) is 4.79 Å². The zero-order valence-corrected chi connectivity index (χ0v) is 8.29. The first kappa shape index (κ1) is 9.51. The van der Waals surface area contributed by atoms with Gasteiger partial charge in [0.1, 0.15) is 0 Å². The fourth-order valence-corrected chi connectivity index (χ4v) is 2.54. The van der Waals surface area contributed by atoms with Crippen molar-refractivity contribution in [3.63, 3.8) is 0 Å². The second-order valence-corrected chi connectivity index (χ2v) is 4.36. The van der Waals surface area contributed by atoms with Crippen molar-refractivity contribution in [1.29, 1.82) is 0 Å². The van der Waals surface area contributed by atoms with Crippen molar-refractivity contribution >= 4 is 17.7 Å². The molecular formula is C8H10N2O3S. The summed E-state index contributed by atoms with van der Waals surface area (Å²) >= 11 is 1.90. The average Bonchev–Trinajstić information content (AvgIpc) is 2.68. The predicted molar refractivity (Wildman–Crippen MR) is 50.6 cm³/mol. The van der Waals surface area contributed by atoms with Crippen molar-refractivity contribution in [2.75, 3.05) is 11.5 Å². The van der Waals surface area contributed by atoms with Crippen LogP contribution >= 0.6 is 11.8 Å². The summed E-state index contributed by atoms with van der Waals surface area (Å²) in [5, 5.41) is 15.8. The van der Waals surface area contributed by atoms with E-state index in [1.807, 2.05) is 11.8 Å². The fourth-order valence-electron chi connectivity index (χ4n) is 1.43. The lowest BCUT2D eigenvalue weighted by Gasteiger charge is -2.17. The van der Waals surface area contributed by atoms with Gasteiger partial charge in [0.05, 0.1) is 0 Å². The van der Waals surface area contributed by atoms with Crippen LogP contribution in [0.5, 0.6) is 0 Å². The lowest BCUT2D eigenvalue weighted by atomic mass is 10.0. The highest BCUT2D eigenvalue weighted by Gasteiger charge is 2.23. The van der Waals surface area contributed by atoms with E-state index in [4.69, 9.17) is 9.52 Å². The lowest BCUT2D eigenvalue weighted by Crippen LogP contribution is -2.08.